The largest absolute Gasteiger partial charge is 0.373 e. The van der Waals surface area contributed by atoms with Crippen molar-refractivity contribution >= 4 is 5.91 Å². The lowest BCUT2D eigenvalue weighted by Crippen LogP contribution is -2.42. The maximum atomic E-state index is 13.1. The molecule has 4 unspecified atom stereocenters. The summed E-state index contributed by atoms with van der Waals surface area (Å²) < 4.78 is 5.97. The minimum absolute atomic E-state index is 0.0601. The number of benzene rings is 1. The molecule has 0 radical (unpaired) electrons. The molecule has 0 bridgehead atoms. The van der Waals surface area contributed by atoms with Crippen LogP contribution < -0.4 is 5.73 Å². The highest BCUT2D eigenvalue weighted by molar-refractivity contribution is 5.80. The standard InChI is InChI=1S/C18H26N2O2/c1-13-10-14(11-19)12-20(13)18(21)16-8-5-9-22-17(16)15-6-3-2-4-7-15/h2-4,6-7,13-14,16-17H,5,8-12,19H2,1H3. The molecule has 2 aliphatic heterocycles. The second-order valence-corrected chi connectivity index (χ2v) is 6.63. The summed E-state index contributed by atoms with van der Waals surface area (Å²) in [6, 6.07) is 10.4. The first kappa shape index (κ1) is 15.5. The highest BCUT2D eigenvalue weighted by Crippen LogP contribution is 2.36. The summed E-state index contributed by atoms with van der Waals surface area (Å²) in [5.41, 5.74) is 6.91. The molecular weight excluding hydrogens is 276 g/mol. The van der Waals surface area contributed by atoms with Gasteiger partial charge in [0, 0.05) is 19.2 Å². The van der Waals surface area contributed by atoms with E-state index in [0.29, 0.717) is 18.5 Å². The highest BCUT2D eigenvalue weighted by atomic mass is 16.5. The Kier molecular flexibility index (Phi) is 4.79. The van der Waals surface area contributed by atoms with Crippen molar-refractivity contribution in [3.63, 3.8) is 0 Å². The molecule has 3 rings (SSSR count). The summed E-state index contributed by atoms with van der Waals surface area (Å²) in [5, 5.41) is 0. The molecule has 120 valence electrons. The fraction of sp³-hybridized carbons (Fsp3) is 0.611. The Morgan fingerprint density at radius 3 is 2.82 bits per heavy atom. The molecule has 0 saturated carbocycles. The topological polar surface area (TPSA) is 55.6 Å². The SMILES string of the molecule is CC1CC(CN)CN1C(=O)C1CCCOC1c1ccccc1. The van der Waals surface area contributed by atoms with Crippen LogP contribution >= 0.6 is 0 Å². The first-order valence-electron chi connectivity index (χ1n) is 8.37. The quantitative estimate of drug-likeness (QED) is 0.932. The molecule has 22 heavy (non-hydrogen) atoms. The Labute approximate surface area is 132 Å². The van der Waals surface area contributed by atoms with Crippen molar-refractivity contribution in [3.8, 4) is 0 Å². The van der Waals surface area contributed by atoms with E-state index in [1.54, 1.807) is 0 Å². The van der Waals surface area contributed by atoms with Crippen molar-refractivity contribution in [2.45, 2.75) is 38.3 Å². The molecule has 2 heterocycles. The van der Waals surface area contributed by atoms with Crippen LogP contribution in [-0.2, 0) is 9.53 Å². The molecule has 2 saturated heterocycles. The third kappa shape index (κ3) is 3.03. The van der Waals surface area contributed by atoms with Gasteiger partial charge in [-0.25, -0.2) is 0 Å². The van der Waals surface area contributed by atoms with E-state index >= 15 is 0 Å². The normalized spacial score (nSPS) is 32.2. The molecule has 0 aliphatic carbocycles. The Morgan fingerprint density at radius 1 is 1.36 bits per heavy atom. The Morgan fingerprint density at radius 2 is 2.14 bits per heavy atom. The van der Waals surface area contributed by atoms with Gasteiger partial charge in [-0.3, -0.25) is 4.79 Å². The van der Waals surface area contributed by atoms with Crippen molar-refractivity contribution < 1.29 is 9.53 Å². The number of rotatable bonds is 3. The Bertz CT molecular complexity index is 505. The summed E-state index contributed by atoms with van der Waals surface area (Å²) in [5.74, 6) is 0.630. The van der Waals surface area contributed by atoms with Gasteiger partial charge in [0.05, 0.1) is 12.0 Å². The molecule has 1 aromatic rings. The molecule has 0 aromatic heterocycles. The highest BCUT2D eigenvalue weighted by Gasteiger charge is 2.40. The van der Waals surface area contributed by atoms with Crippen molar-refractivity contribution in [3.05, 3.63) is 35.9 Å². The maximum absolute atomic E-state index is 13.1. The zero-order valence-electron chi connectivity index (χ0n) is 13.3. The summed E-state index contributed by atoms with van der Waals surface area (Å²) in [6.45, 7) is 4.34. The van der Waals surface area contributed by atoms with Crippen LogP contribution in [0.15, 0.2) is 30.3 Å². The van der Waals surface area contributed by atoms with E-state index in [-0.39, 0.29) is 17.9 Å². The predicted octanol–water partition coefficient (Wildman–Crippen LogP) is 2.35. The van der Waals surface area contributed by atoms with Gasteiger partial charge in [-0.05, 0) is 44.2 Å². The molecule has 2 fully saturated rings. The average molecular weight is 302 g/mol. The van der Waals surface area contributed by atoms with Crippen LogP contribution in [0.25, 0.3) is 0 Å². The van der Waals surface area contributed by atoms with Gasteiger partial charge in [-0.2, -0.15) is 0 Å². The number of hydrogen-bond donors (Lipinski definition) is 1. The van der Waals surface area contributed by atoms with E-state index in [9.17, 15) is 4.79 Å². The van der Waals surface area contributed by atoms with E-state index < -0.39 is 0 Å². The smallest absolute Gasteiger partial charge is 0.228 e. The van der Waals surface area contributed by atoms with Gasteiger partial charge in [0.15, 0.2) is 0 Å². The molecule has 1 amide bonds. The number of ether oxygens (including phenoxy) is 1. The number of amides is 1. The minimum atomic E-state index is -0.105. The van der Waals surface area contributed by atoms with Gasteiger partial charge in [0.25, 0.3) is 0 Å². The van der Waals surface area contributed by atoms with Crippen LogP contribution in [0, 0.1) is 11.8 Å². The molecule has 2 aliphatic rings. The molecule has 4 nitrogen and oxygen atoms in total. The van der Waals surface area contributed by atoms with Gasteiger partial charge in [0.2, 0.25) is 5.91 Å². The third-order valence-corrected chi connectivity index (χ3v) is 5.05. The Hall–Kier alpha value is -1.39. The van der Waals surface area contributed by atoms with Gasteiger partial charge in [-0.1, -0.05) is 30.3 Å². The van der Waals surface area contributed by atoms with E-state index in [2.05, 4.69) is 19.1 Å². The van der Waals surface area contributed by atoms with Crippen LogP contribution in [0.2, 0.25) is 0 Å². The second-order valence-electron chi connectivity index (χ2n) is 6.63. The molecule has 1 aromatic carbocycles. The molecule has 0 spiro atoms. The van der Waals surface area contributed by atoms with Crippen molar-refractivity contribution in [2.75, 3.05) is 19.7 Å². The molecule has 4 heteroatoms. The van der Waals surface area contributed by atoms with Gasteiger partial charge < -0.3 is 15.4 Å². The predicted molar refractivity (Wildman–Crippen MR) is 86.2 cm³/mol. The number of nitrogens with two attached hydrogens (primary N) is 1. The zero-order chi connectivity index (χ0) is 15.5. The van der Waals surface area contributed by atoms with Gasteiger partial charge >= 0.3 is 0 Å². The van der Waals surface area contributed by atoms with Crippen molar-refractivity contribution in [1.82, 2.24) is 4.90 Å². The number of carbonyl (C=O) groups excluding carboxylic acids is 1. The lowest BCUT2D eigenvalue weighted by molar-refractivity contribution is -0.146. The number of carbonyl (C=O) groups is 1. The van der Waals surface area contributed by atoms with Crippen LogP contribution in [0.3, 0.4) is 0 Å². The summed E-state index contributed by atoms with van der Waals surface area (Å²) in [6.07, 6.45) is 2.79. The van der Waals surface area contributed by atoms with Crippen molar-refractivity contribution in [2.24, 2.45) is 17.6 Å². The second kappa shape index (κ2) is 6.80. The fourth-order valence-corrected chi connectivity index (χ4v) is 3.84. The van der Waals surface area contributed by atoms with Crippen LogP contribution in [0.4, 0.5) is 0 Å². The first-order chi connectivity index (χ1) is 10.7. The van der Waals surface area contributed by atoms with E-state index in [0.717, 1.165) is 38.0 Å². The van der Waals surface area contributed by atoms with Crippen LogP contribution in [0.5, 0.6) is 0 Å². The number of nitrogens with zero attached hydrogens (tertiary/aromatic N) is 1. The van der Waals surface area contributed by atoms with E-state index in [4.69, 9.17) is 10.5 Å². The maximum Gasteiger partial charge on any atom is 0.228 e. The lowest BCUT2D eigenvalue weighted by Gasteiger charge is -2.35. The summed E-state index contributed by atoms with van der Waals surface area (Å²) in [4.78, 5) is 15.1. The molecule has 2 N–H and O–H groups in total. The molecular formula is C18H26N2O2. The third-order valence-electron chi connectivity index (χ3n) is 5.05. The number of hydrogen-bond acceptors (Lipinski definition) is 3. The van der Waals surface area contributed by atoms with Gasteiger partial charge in [0.1, 0.15) is 0 Å². The summed E-state index contributed by atoms with van der Waals surface area (Å²) >= 11 is 0. The van der Waals surface area contributed by atoms with Crippen LogP contribution in [0.1, 0.15) is 37.9 Å². The van der Waals surface area contributed by atoms with Crippen LogP contribution in [-0.4, -0.2) is 36.5 Å². The average Bonchev–Trinajstić information content (AvgIpc) is 2.96. The first-order valence-corrected chi connectivity index (χ1v) is 8.37. The fourth-order valence-electron chi connectivity index (χ4n) is 3.84. The Balaban J connectivity index is 1.77. The van der Waals surface area contributed by atoms with E-state index in [1.807, 2.05) is 23.1 Å². The lowest BCUT2D eigenvalue weighted by atomic mass is 9.88. The van der Waals surface area contributed by atoms with Gasteiger partial charge in [-0.15, -0.1) is 0 Å². The number of likely N-dealkylation sites (tertiary alicyclic amines) is 1. The zero-order valence-corrected chi connectivity index (χ0v) is 13.3. The minimum Gasteiger partial charge on any atom is -0.373 e. The van der Waals surface area contributed by atoms with E-state index in [1.165, 1.54) is 0 Å². The summed E-state index contributed by atoms with van der Waals surface area (Å²) in [7, 11) is 0. The molecule has 4 atom stereocenters. The van der Waals surface area contributed by atoms with Crippen molar-refractivity contribution in [1.29, 1.82) is 0 Å². The monoisotopic (exact) mass is 302 g/mol.